The normalized spacial score (nSPS) is 11.2. The van der Waals surface area contributed by atoms with Crippen molar-refractivity contribution in [3.8, 4) is 0 Å². The van der Waals surface area contributed by atoms with Crippen LogP contribution in [0.15, 0.2) is 29.2 Å². The maximum absolute atomic E-state index is 12.3. The molecule has 0 saturated heterocycles. The van der Waals surface area contributed by atoms with Crippen LogP contribution in [-0.4, -0.2) is 29.2 Å². The molecule has 112 valence electrons. The Morgan fingerprint density at radius 2 is 1.62 bits per heavy atom. The van der Waals surface area contributed by atoms with Crippen molar-refractivity contribution in [3.05, 3.63) is 35.9 Å². The fourth-order valence-electron chi connectivity index (χ4n) is 1.69. The average Bonchev–Trinajstić information content (AvgIpc) is 2.70. The van der Waals surface area contributed by atoms with Crippen molar-refractivity contribution in [1.29, 1.82) is 0 Å². The number of nitrogens with zero attached hydrogens (tertiary/aromatic N) is 3. The van der Waals surface area contributed by atoms with Gasteiger partial charge in [-0.15, -0.1) is 10.2 Å². The zero-order valence-corrected chi connectivity index (χ0v) is 12.6. The largest absolute Gasteiger partial charge is 0.326 e. The second kappa shape index (κ2) is 5.52. The summed E-state index contributed by atoms with van der Waals surface area (Å²) in [5.74, 6) is 0.649. The maximum atomic E-state index is 12.3. The summed E-state index contributed by atoms with van der Waals surface area (Å²) < 4.78 is 25.8. The van der Waals surface area contributed by atoms with Crippen LogP contribution >= 0.6 is 0 Å². The van der Waals surface area contributed by atoms with E-state index in [0.29, 0.717) is 17.3 Å². The first-order valence-electron chi connectivity index (χ1n) is 6.09. The molecule has 0 saturated carbocycles. The number of benzene rings is 1. The summed E-state index contributed by atoms with van der Waals surface area (Å²) in [5.41, 5.74) is 0.526. The number of hydrogen-bond donors (Lipinski definition) is 2. The van der Waals surface area contributed by atoms with Gasteiger partial charge in [-0.1, -0.05) is 0 Å². The van der Waals surface area contributed by atoms with E-state index < -0.39 is 10.0 Å². The number of nitrogens with one attached hydrogen (secondary N) is 2. The molecule has 0 aliphatic carbocycles. The first-order valence-corrected chi connectivity index (χ1v) is 7.57. The minimum absolute atomic E-state index is 0.0732. The summed E-state index contributed by atoms with van der Waals surface area (Å²) >= 11 is 0. The van der Waals surface area contributed by atoms with Gasteiger partial charge in [0.05, 0.1) is 4.90 Å². The van der Waals surface area contributed by atoms with Crippen LogP contribution in [0.4, 0.5) is 5.69 Å². The molecule has 8 nitrogen and oxygen atoms in total. The molecule has 1 amide bonds. The third kappa shape index (κ3) is 3.37. The minimum Gasteiger partial charge on any atom is -0.326 e. The number of rotatable bonds is 4. The summed E-state index contributed by atoms with van der Waals surface area (Å²) in [6.45, 7) is 4.66. The number of carbonyl (C=O) groups excluding carboxylic acids is 1. The number of anilines is 1. The van der Waals surface area contributed by atoms with Crippen molar-refractivity contribution in [1.82, 2.24) is 14.9 Å². The van der Waals surface area contributed by atoms with Gasteiger partial charge in [-0.05, 0) is 38.1 Å². The summed E-state index contributed by atoms with van der Waals surface area (Å²) in [5, 5.41) is 10.1. The molecule has 0 bridgehead atoms. The first-order chi connectivity index (χ1) is 9.79. The van der Waals surface area contributed by atoms with Crippen LogP contribution in [-0.2, 0) is 14.8 Å². The monoisotopic (exact) mass is 309 g/mol. The van der Waals surface area contributed by atoms with Crippen LogP contribution < -0.4 is 10.1 Å². The molecule has 2 N–H and O–H groups in total. The van der Waals surface area contributed by atoms with Gasteiger partial charge in [0.1, 0.15) is 11.6 Å². The van der Waals surface area contributed by atoms with Gasteiger partial charge in [0.2, 0.25) is 5.91 Å². The van der Waals surface area contributed by atoms with Crippen molar-refractivity contribution in [3.63, 3.8) is 0 Å². The van der Waals surface area contributed by atoms with E-state index in [4.69, 9.17) is 0 Å². The molecular weight excluding hydrogens is 294 g/mol. The van der Waals surface area contributed by atoms with E-state index in [9.17, 15) is 13.2 Å². The second-order valence-corrected chi connectivity index (χ2v) is 6.09. The Bertz CT molecular complexity index is 745. The van der Waals surface area contributed by atoms with Crippen LogP contribution in [0.5, 0.6) is 0 Å². The lowest BCUT2D eigenvalue weighted by molar-refractivity contribution is -0.114. The molecular formula is C12H15N5O3S. The quantitative estimate of drug-likeness (QED) is 0.868. The Balaban J connectivity index is 2.26. The lowest BCUT2D eigenvalue weighted by atomic mass is 10.3. The molecule has 1 aromatic carbocycles. The van der Waals surface area contributed by atoms with Gasteiger partial charge in [-0.2, -0.15) is 8.42 Å². The van der Waals surface area contributed by atoms with E-state index in [1.54, 1.807) is 13.8 Å². The van der Waals surface area contributed by atoms with Gasteiger partial charge in [-0.25, -0.2) is 9.51 Å². The smallest absolute Gasteiger partial charge is 0.275 e. The number of carbonyl (C=O) groups is 1. The SMILES string of the molecule is CC(=O)Nc1ccc(S(=O)(=O)Nn2c(C)nnc2C)cc1. The predicted molar refractivity (Wildman–Crippen MR) is 76.8 cm³/mol. The van der Waals surface area contributed by atoms with Crippen molar-refractivity contribution >= 4 is 21.6 Å². The lowest BCUT2D eigenvalue weighted by Gasteiger charge is -2.11. The van der Waals surface area contributed by atoms with Crippen molar-refractivity contribution < 1.29 is 13.2 Å². The fourth-order valence-corrected chi connectivity index (χ4v) is 2.80. The number of amides is 1. The molecule has 0 unspecified atom stereocenters. The van der Waals surface area contributed by atoms with E-state index in [1.807, 2.05) is 0 Å². The molecule has 2 rings (SSSR count). The molecule has 2 aromatic rings. The number of aryl methyl sites for hydroxylation is 2. The highest BCUT2D eigenvalue weighted by molar-refractivity contribution is 7.92. The molecule has 0 fully saturated rings. The highest BCUT2D eigenvalue weighted by Gasteiger charge is 2.17. The zero-order valence-electron chi connectivity index (χ0n) is 11.8. The number of hydrogen-bond acceptors (Lipinski definition) is 5. The molecule has 21 heavy (non-hydrogen) atoms. The van der Waals surface area contributed by atoms with Crippen LogP contribution in [0.25, 0.3) is 0 Å². The van der Waals surface area contributed by atoms with Gasteiger partial charge < -0.3 is 5.32 Å². The minimum atomic E-state index is -3.75. The van der Waals surface area contributed by atoms with Crippen LogP contribution in [0, 0.1) is 13.8 Å². The summed E-state index contributed by atoms with van der Waals surface area (Å²) in [6, 6.07) is 5.84. The molecule has 1 heterocycles. The van der Waals surface area contributed by atoms with Crippen molar-refractivity contribution in [2.45, 2.75) is 25.7 Å². The van der Waals surface area contributed by atoms with Gasteiger partial charge in [0.15, 0.2) is 0 Å². The zero-order chi connectivity index (χ0) is 15.6. The topological polar surface area (TPSA) is 106 Å². The summed E-state index contributed by atoms with van der Waals surface area (Å²) in [6.07, 6.45) is 0. The van der Waals surface area contributed by atoms with Crippen LogP contribution in [0.1, 0.15) is 18.6 Å². The summed E-state index contributed by atoms with van der Waals surface area (Å²) in [4.78, 5) is 13.4. The third-order valence-corrected chi connectivity index (χ3v) is 4.00. The van der Waals surface area contributed by atoms with Gasteiger partial charge >= 0.3 is 0 Å². The average molecular weight is 309 g/mol. The van der Waals surface area contributed by atoms with Gasteiger partial charge in [0.25, 0.3) is 10.0 Å². The lowest BCUT2D eigenvalue weighted by Crippen LogP contribution is -2.25. The molecule has 9 heteroatoms. The van der Waals surface area contributed by atoms with Crippen LogP contribution in [0.2, 0.25) is 0 Å². The predicted octanol–water partition coefficient (Wildman–Crippen LogP) is 0.786. The Labute approximate surface area is 122 Å². The van der Waals surface area contributed by atoms with Crippen molar-refractivity contribution in [2.24, 2.45) is 0 Å². The standard InChI is InChI=1S/C12H15N5O3S/c1-8-14-15-9(2)17(8)16-21(19,20)12-6-4-11(5-7-12)13-10(3)18/h4-7,16H,1-3H3,(H,13,18). The second-order valence-electron chi connectivity index (χ2n) is 4.43. The van der Waals surface area contributed by atoms with E-state index in [1.165, 1.54) is 35.9 Å². The van der Waals surface area contributed by atoms with Crippen LogP contribution in [0.3, 0.4) is 0 Å². The maximum Gasteiger partial charge on any atom is 0.275 e. The Morgan fingerprint density at radius 3 is 2.10 bits per heavy atom. The van der Waals surface area contributed by atoms with Gasteiger partial charge in [-0.3, -0.25) is 4.79 Å². The fraction of sp³-hybridized carbons (Fsp3) is 0.250. The molecule has 1 aromatic heterocycles. The molecule has 0 spiro atoms. The van der Waals surface area contributed by atoms with E-state index in [-0.39, 0.29) is 10.8 Å². The highest BCUT2D eigenvalue weighted by Crippen LogP contribution is 2.15. The number of sulfonamides is 1. The Morgan fingerprint density at radius 1 is 1.10 bits per heavy atom. The van der Waals surface area contributed by atoms with E-state index in [0.717, 1.165) is 0 Å². The van der Waals surface area contributed by atoms with E-state index in [2.05, 4.69) is 20.3 Å². The highest BCUT2D eigenvalue weighted by atomic mass is 32.2. The van der Waals surface area contributed by atoms with E-state index >= 15 is 0 Å². The molecule has 0 radical (unpaired) electrons. The Hall–Kier alpha value is -2.42. The Kier molecular flexibility index (Phi) is 3.94. The molecule has 0 atom stereocenters. The number of aromatic nitrogens is 3. The van der Waals surface area contributed by atoms with Crippen molar-refractivity contribution in [2.75, 3.05) is 10.1 Å². The molecule has 0 aliphatic rings. The van der Waals surface area contributed by atoms with Gasteiger partial charge in [0, 0.05) is 12.6 Å². The first kappa shape index (κ1) is 15.0. The molecule has 0 aliphatic heterocycles. The summed E-state index contributed by atoms with van der Waals surface area (Å²) in [7, 11) is -3.75. The third-order valence-electron chi connectivity index (χ3n) is 2.68.